The highest BCUT2D eigenvalue weighted by Crippen LogP contribution is 2.29. The maximum absolute atomic E-state index is 5.93. The summed E-state index contributed by atoms with van der Waals surface area (Å²) in [5.41, 5.74) is 8.90. The lowest BCUT2D eigenvalue weighted by Crippen LogP contribution is -2.06. The number of benzene rings is 1. The zero-order chi connectivity index (χ0) is 12.5. The Bertz CT molecular complexity index is 668. The Balaban J connectivity index is 2.07. The first-order valence-electron chi connectivity index (χ1n) is 6.08. The van der Waals surface area contributed by atoms with E-state index in [0.29, 0.717) is 0 Å². The molecule has 0 bridgehead atoms. The van der Waals surface area contributed by atoms with E-state index in [1.807, 2.05) is 37.4 Å². The minimum absolute atomic E-state index is 0.0866. The molecule has 0 spiro atoms. The van der Waals surface area contributed by atoms with Gasteiger partial charge in [0, 0.05) is 28.7 Å². The lowest BCUT2D eigenvalue weighted by molar-refractivity contribution is 0.360. The van der Waals surface area contributed by atoms with Crippen molar-refractivity contribution in [3.05, 3.63) is 42.3 Å². The SMILES string of the molecule is CCC(N)c1cc(-c2c[nH]c3ccccc23)no1. The van der Waals surface area contributed by atoms with E-state index in [2.05, 4.69) is 16.2 Å². The third-order valence-corrected chi connectivity index (χ3v) is 3.20. The lowest BCUT2D eigenvalue weighted by atomic mass is 10.1. The van der Waals surface area contributed by atoms with Crippen LogP contribution in [0.3, 0.4) is 0 Å². The zero-order valence-corrected chi connectivity index (χ0v) is 10.2. The maximum atomic E-state index is 5.93. The lowest BCUT2D eigenvalue weighted by Gasteiger charge is -2.00. The van der Waals surface area contributed by atoms with Gasteiger partial charge in [-0.05, 0) is 12.5 Å². The van der Waals surface area contributed by atoms with Crippen molar-refractivity contribution in [1.82, 2.24) is 10.1 Å². The van der Waals surface area contributed by atoms with Crippen molar-refractivity contribution >= 4 is 10.9 Å². The van der Waals surface area contributed by atoms with E-state index in [1.54, 1.807) is 0 Å². The van der Waals surface area contributed by atoms with E-state index in [0.717, 1.165) is 34.3 Å². The molecular formula is C14H15N3O. The van der Waals surface area contributed by atoms with Gasteiger partial charge in [0.15, 0.2) is 5.76 Å². The van der Waals surface area contributed by atoms with E-state index in [1.165, 1.54) is 0 Å². The highest BCUT2D eigenvalue weighted by atomic mass is 16.5. The predicted octanol–water partition coefficient (Wildman–Crippen LogP) is 3.23. The number of aromatic nitrogens is 2. The summed E-state index contributed by atoms with van der Waals surface area (Å²) in [4.78, 5) is 3.23. The fourth-order valence-electron chi connectivity index (χ4n) is 2.08. The molecule has 4 nitrogen and oxygen atoms in total. The second-order valence-corrected chi connectivity index (χ2v) is 4.38. The van der Waals surface area contributed by atoms with Crippen LogP contribution >= 0.6 is 0 Å². The Kier molecular flexibility index (Phi) is 2.64. The molecule has 0 aliphatic heterocycles. The van der Waals surface area contributed by atoms with E-state index in [4.69, 9.17) is 10.3 Å². The summed E-state index contributed by atoms with van der Waals surface area (Å²) in [7, 11) is 0. The van der Waals surface area contributed by atoms with Crippen molar-refractivity contribution in [2.24, 2.45) is 5.73 Å². The molecule has 0 aliphatic carbocycles. The summed E-state index contributed by atoms with van der Waals surface area (Å²) < 4.78 is 5.30. The van der Waals surface area contributed by atoms with E-state index in [9.17, 15) is 0 Å². The number of fused-ring (bicyclic) bond motifs is 1. The van der Waals surface area contributed by atoms with Crippen molar-refractivity contribution in [2.45, 2.75) is 19.4 Å². The smallest absolute Gasteiger partial charge is 0.154 e. The second kappa shape index (κ2) is 4.31. The fourth-order valence-corrected chi connectivity index (χ4v) is 2.08. The molecule has 18 heavy (non-hydrogen) atoms. The molecule has 1 unspecified atom stereocenters. The third kappa shape index (κ3) is 1.71. The van der Waals surface area contributed by atoms with Crippen molar-refractivity contribution in [1.29, 1.82) is 0 Å². The quantitative estimate of drug-likeness (QED) is 0.739. The molecule has 1 aromatic carbocycles. The Morgan fingerprint density at radius 2 is 2.22 bits per heavy atom. The van der Waals surface area contributed by atoms with Gasteiger partial charge in [-0.3, -0.25) is 0 Å². The topological polar surface area (TPSA) is 67.8 Å². The number of aromatic amines is 1. The largest absolute Gasteiger partial charge is 0.360 e. The Morgan fingerprint density at radius 1 is 1.39 bits per heavy atom. The summed E-state index contributed by atoms with van der Waals surface area (Å²) in [6, 6.07) is 9.95. The third-order valence-electron chi connectivity index (χ3n) is 3.20. The van der Waals surface area contributed by atoms with Crippen LogP contribution in [0.15, 0.2) is 41.1 Å². The normalized spacial score (nSPS) is 13.0. The average molecular weight is 241 g/mol. The van der Waals surface area contributed by atoms with Gasteiger partial charge in [-0.1, -0.05) is 30.3 Å². The first-order chi connectivity index (χ1) is 8.79. The number of rotatable bonds is 3. The molecular weight excluding hydrogens is 226 g/mol. The molecule has 92 valence electrons. The molecule has 4 heteroatoms. The average Bonchev–Trinajstić information content (AvgIpc) is 3.03. The van der Waals surface area contributed by atoms with Crippen LogP contribution in [0, 0.1) is 0 Å². The Hall–Kier alpha value is -2.07. The first-order valence-corrected chi connectivity index (χ1v) is 6.08. The van der Waals surface area contributed by atoms with Gasteiger partial charge < -0.3 is 15.2 Å². The fraction of sp³-hybridized carbons (Fsp3) is 0.214. The van der Waals surface area contributed by atoms with Crippen molar-refractivity contribution in [2.75, 3.05) is 0 Å². The number of nitrogens with two attached hydrogens (primary N) is 1. The molecule has 0 radical (unpaired) electrons. The van der Waals surface area contributed by atoms with Gasteiger partial charge >= 0.3 is 0 Å². The molecule has 0 fully saturated rings. The van der Waals surface area contributed by atoms with Crippen LogP contribution in [0.5, 0.6) is 0 Å². The van der Waals surface area contributed by atoms with Crippen LogP contribution in [0.4, 0.5) is 0 Å². The maximum Gasteiger partial charge on any atom is 0.154 e. The Labute approximate surface area is 105 Å². The summed E-state index contributed by atoms with van der Waals surface area (Å²) >= 11 is 0. The second-order valence-electron chi connectivity index (χ2n) is 4.38. The van der Waals surface area contributed by atoms with E-state index in [-0.39, 0.29) is 6.04 Å². The van der Waals surface area contributed by atoms with Gasteiger partial charge in [0.1, 0.15) is 5.69 Å². The van der Waals surface area contributed by atoms with Gasteiger partial charge in [-0.2, -0.15) is 0 Å². The van der Waals surface area contributed by atoms with Crippen LogP contribution in [-0.2, 0) is 0 Å². The van der Waals surface area contributed by atoms with Crippen LogP contribution in [-0.4, -0.2) is 10.1 Å². The number of hydrogen-bond donors (Lipinski definition) is 2. The van der Waals surface area contributed by atoms with Crippen LogP contribution in [0.2, 0.25) is 0 Å². The number of para-hydroxylation sites is 1. The molecule has 0 aliphatic rings. The number of nitrogens with one attached hydrogen (secondary N) is 1. The van der Waals surface area contributed by atoms with Gasteiger partial charge in [-0.25, -0.2) is 0 Å². The van der Waals surface area contributed by atoms with Gasteiger partial charge in [-0.15, -0.1) is 0 Å². The molecule has 0 amide bonds. The van der Waals surface area contributed by atoms with Crippen LogP contribution < -0.4 is 5.73 Å². The molecule has 3 aromatic rings. The van der Waals surface area contributed by atoms with E-state index < -0.39 is 0 Å². The molecule has 2 aromatic heterocycles. The Morgan fingerprint density at radius 3 is 3.06 bits per heavy atom. The molecule has 0 saturated carbocycles. The van der Waals surface area contributed by atoms with Crippen molar-refractivity contribution < 1.29 is 4.52 Å². The summed E-state index contributed by atoms with van der Waals surface area (Å²) in [5, 5.41) is 5.24. The summed E-state index contributed by atoms with van der Waals surface area (Å²) in [5.74, 6) is 0.734. The molecule has 2 heterocycles. The van der Waals surface area contributed by atoms with Gasteiger partial charge in [0.2, 0.25) is 0 Å². The minimum atomic E-state index is -0.0866. The van der Waals surface area contributed by atoms with Crippen molar-refractivity contribution in [3.8, 4) is 11.3 Å². The van der Waals surface area contributed by atoms with Crippen LogP contribution in [0.25, 0.3) is 22.2 Å². The molecule has 3 N–H and O–H groups in total. The predicted molar refractivity (Wildman–Crippen MR) is 71.0 cm³/mol. The number of nitrogens with zero attached hydrogens (tertiary/aromatic N) is 1. The minimum Gasteiger partial charge on any atom is -0.360 e. The zero-order valence-electron chi connectivity index (χ0n) is 10.2. The van der Waals surface area contributed by atoms with E-state index >= 15 is 0 Å². The highest BCUT2D eigenvalue weighted by Gasteiger charge is 2.14. The summed E-state index contributed by atoms with van der Waals surface area (Å²) in [6.45, 7) is 2.03. The number of hydrogen-bond acceptors (Lipinski definition) is 3. The number of H-pyrrole nitrogens is 1. The highest BCUT2D eigenvalue weighted by molar-refractivity contribution is 5.94. The van der Waals surface area contributed by atoms with Gasteiger partial charge in [0.05, 0.1) is 6.04 Å². The van der Waals surface area contributed by atoms with Crippen LogP contribution in [0.1, 0.15) is 25.1 Å². The molecule has 3 rings (SSSR count). The molecule has 0 saturated heterocycles. The standard InChI is InChI=1S/C14H15N3O/c1-2-11(15)14-7-13(17-18-14)10-8-16-12-6-4-3-5-9(10)12/h3-8,11,16H,2,15H2,1H3. The van der Waals surface area contributed by atoms with Crippen molar-refractivity contribution in [3.63, 3.8) is 0 Å². The summed E-state index contributed by atoms with van der Waals surface area (Å²) in [6.07, 6.45) is 2.78. The molecule has 1 atom stereocenters. The van der Waals surface area contributed by atoms with Gasteiger partial charge in [0.25, 0.3) is 0 Å². The monoisotopic (exact) mass is 241 g/mol. The first kappa shape index (κ1) is 11.0.